The number of halogens is 4. The van der Waals surface area contributed by atoms with Crippen molar-refractivity contribution in [2.75, 3.05) is 7.11 Å². The van der Waals surface area contributed by atoms with Crippen molar-refractivity contribution in [2.24, 2.45) is 0 Å². The number of ether oxygens (including phenoxy) is 1. The molecule has 0 saturated carbocycles. The minimum Gasteiger partial charge on any atom is -0.496 e. The summed E-state index contributed by atoms with van der Waals surface area (Å²) in [4.78, 5) is 3.25. The Kier molecular flexibility index (Phi) is 4.39. The average molecular weight is 489 g/mol. The Labute approximate surface area is 133 Å². The predicted octanol–water partition coefficient (Wildman–Crippen LogP) is 5.74. The number of hydrogen-bond acceptors (Lipinski definition) is 1. The molecular formula is C11H7Br4NO. The molecule has 6 heteroatoms. The van der Waals surface area contributed by atoms with Crippen molar-refractivity contribution in [3.63, 3.8) is 0 Å². The third kappa shape index (κ3) is 2.64. The van der Waals surface area contributed by atoms with Gasteiger partial charge < -0.3 is 9.72 Å². The monoisotopic (exact) mass is 485 g/mol. The molecule has 2 rings (SSSR count). The molecule has 0 amide bonds. The standard InChI is InChI=1S/C11H7Br4NO/c1-17-7-3-2-5(4-6(7)12)10-8(13)9(14)11(15)16-10/h2-4,16H,1H3. The minimum absolute atomic E-state index is 0.814. The fourth-order valence-corrected chi connectivity index (χ4v) is 3.47. The molecule has 0 radical (unpaired) electrons. The first kappa shape index (κ1) is 13.6. The zero-order valence-corrected chi connectivity index (χ0v) is 15.0. The van der Waals surface area contributed by atoms with Gasteiger partial charge in [-0.25, -0.2) is 0 Å². The molecule has 17 heavy (non-hydrogen) atoms. The number of H-pyrrole nitrogens is 1. The van der Waals surface area contributed by atoms with Crippen LogP contribution >= 0.6 is 63.7 Å². The molecule has 90 valence electrons. The number of aromatic amines is 1. The van der Waals surface area contributed by atoms with Gasteiger partial charge >= 0.3 is 0 Å². The lowest BCUT2D eigenvalue weighted by molar-refractivity contribution is 0.412. The number of methoxy groups -OCH3 is 1. The third-order valence-electron chi connectivity index (χ3n) is 2.28. The van der Waals surface area contributed by atoms with E-state index in [9.17, 15) is 0 Å². The Hall–Kier alpha value is 0.220. The summed E-state index contributed by atoms with van der Waals surface area (Å²) in [6.45, 7) is 0. The largest absolute Gasteiger partial charge is 0.496 e. The molecule has 0 aliphatic carbocycles. The molecule has 0 spiro atoms. The van der Waals surface area contributed by atoms with Crippen molar-refractivity contribution in [2.45, 2.75) is 0 Å². The van der Waals surface area contributed by atoms with E-state index in [2.05, 4.69) is 68.7 Å². The number of nitrogens with one attached hydrogen (secondary N) is 1. The van der Waals surface area contributed by atoms with Crippen LogP contribution in [-0.4, -0.2) is 12.1 Å². The van der Waals surface area contributed by atoms with Gasteiger partial charge in [0, 0.05) is 5.56 Å². The van der Waals surface area contributed by atoms with E-state index in [0.717, 1.165) is 35.0 Å². The fourth-order valence-electron chi connectivity index (χ4n) is 1.45. The van der Waals surface area contributed by atoms with Crippen LogP contribution in [-0.2, 0) is 0 Å². The average Bonchev–Trinajstić information content (AvgIpc) is 2.57. The van der Waals surface area contributed by atoms with Crippen molar-refractivity contribution < 1.29 is 4.74 Å². The van der Waals surface area contributed by atoms with E-state index in [0.29, 0.717) is 0 Å². The van der Waals surface area contributed by atoms with E-state index in [1.165, 1.54) is 0 Å². The van der Waals surface area contributed by atoms with Crippen LogP contribution < -0.4 is 4.74 Å². The Morgan fingerprint density at radius 2 is 1.76 bits per heavy atom. The highest BCUT2D eigenvalue weighted by Gasteiger charge is 2.14. The maximum absolute atomic E-state index is 5.21. The van der Waals surface area contributed by atoms with Crippen molar-refractivity contribution >= 4 is 63.7 Å². The highest BCUT2D eigenvalue weighted by molar-refractivity contribution is 9.14. The molecule has 1 heterocycles. The molecule has 0 bridgehead atoms. The molecule has 0 aliphatic heterocycles. The Bertz CT molecular complexity index is 565. The minimum atomic E-state index is 0.814. The summed E-state index contributed by atoms with van der Waals surface area (Å²) in [5.41, 5.74) is 2.07. The maximum atomic E-state index is 5.21. The van der Waals surface area contributed by atoms with Gasteiger partial charge in [0.1, 0.15) is 5.75 Å². The van der Waals surface area contributed by atoms with Crippen LogP contribution in [0.5, 0.6) is 5.75 Å². The van der Waals surface area contributed by atoms with Gasteiger partial charge in [0.05, 0.1) is 30.8 Å². The quantitative estimate of drug-likeness (QED) is 0.573. The highest BCUT2D eigenvalue weighted by atomic mass is 79.9. The lowest BCUT2D eigenvalue weighted by Gasteiger charge is -2.05. The zero-order valence-electron chi connectivity index (χ0n) is 8.65. The van der Waals surface area contributed by atoms with Crippen molar-refractivity contribution in [3.05, 3.63) is 36.2 Å². The molecule has 1 aromatic heterocycles. The molecule has 1 aromatic carbocycles. The van der Waals surface area contributed by atoms with Gasteiger partial charge in [0.25, 0.3) is 0 Å². The molecule has 0 atom stereocenters. The number of aromatic nitrogens is 1. The van der Waals surface area contributed by atoms with Gasteiger partial charge in [-0.2, -0.15) is 0 Å². The molecule has 1 N–H and O–H groups in total. The summed E-state index contributed by atoms with van der Waals surface area (Å²) in [6, 6.07) is 5.93. The van der Waals surface area contributed by atoms with Gasteiger partial charge in [0.2, 0.25) is 0 Å². The van der Waals surface area contributed by atoms with E-state index >= 15 is 0 Å². The topological polar surface area (TPSA) is 25.0 Å². The summed E-state index contributed by atoms with van der Waals surface area (Å²) in [5.74, 6) is 0.814. The summed E-state index contributed by atoms with van der Waals surface area (Å²) < 4.78 is 9.00. The second-order valence-corrected chi connectivity index (χ2v) is 6.52. The zero-order chi connectivity index (χ0) is 12.6. The second kappa shape index (κ2) is 5.47. The summed E-state index contributed by atoms with van der Waals surface area (Å²) in [7, 11) is 1.65. The van der Waals surface area contributed by atoms with Crippen LogP contribution in [0.4, 0.5) is 0 Å². The van der Waals surface area contributed by atoms with Crippen LogP contribution in [0, 0.1) is 0 Å². The Morgan fingerprint density at radius 1 is 1.06 bits per heavy atom. The van der Waals surface area contributed by atoms with E-state index in [1.54, 1.807) is 7.11 Å². The van der Waals surface area contributed by atoms with Crippen molar-refractivity contribution in [1.29, 1.82) is 0 Å². The van der Waals surface area contributed by atoms with E-state index in [-0.39, 0.29) is 0 Å². The molecule has 0 aliphatic rings. The number of benzene rings is 1. The normalized spacial score (nSPS) is 10.6. The summed E-state index contributed by atoms with van der Waals surface area (Å²) in [6.07, 6.45) is 0. The van der Waals surface area contributed by atoms with Gasteiger partial charge in [-0.15, -0.1) is 0 Å². The molecule has 0 unspecified atom stereocenters. The molecule has 2 aromatic rings. The Morgan fingerprint density at radius 3 is 2.24 bits per heavy atom. The maximum Gasteiger partial charge on any atom is 0.133 e. The van der Waals surface area contributed by atoms with E-state index in [1.807, 2.05) is 18.2 Å². The van der Waals surface area contributed by atoms with Crippen LogP contribution in [0.15, 0.2) is 36.2 Å². The van der Waals surface area contributed by atoms with Crippen molar-refractivity contribution in [1.82, 2.24) is 4.98 Å². The molecular weight excluding hydrogens is 482 g/mol. The van der Waals surface area contributed by atoms with Gasteiger partial charge in [-0.1, -0.05) is 0 Å². The van der Waals surface area contributed by atoms with Crippen LogP contribution in [0.1, 0.15) is 0 Å². The lowest BCUT2D eigenvalue weighted by Crippen LogP contribution is -1.85. The molecule has 2 nitrogen and oxygen atoms in total. The van der Waals surface area contributed by atoms with E-state index in [4.69, 9.17) is 4.74 Å². The predicted molar refractivity (Wildman–Crippen MR) is 83.6 cm³/mol. The van der Waals surface area contributed by atoms with Crippen LogP contribution in [0.2, 0.25) is 0 Å². The summed E-state index contributed by atoms with van der Waals surface area (Å²) >= 11 is 13.9. The van der Waals surface area contributed by atoms with Crippen LogP contribution in [0.25, 0.3) is 11.3 Å². The second-order valence-electron chi connectivity index (χ2n) is 3.29. The fraction of sp³-hybridized carbons (Fsp3) is 0.0909. The summed E-state index contributed by atoms with van der Waals surface area (Å²) in [5, 5.41) is 0. The SMILES string of the molecule is COc1ccc(-c2[nH]c(Br)c(Br)c2Br)cc1Br. The first-order chi connectivity index (χ1) is 8.04. The number of rotatable bonds is 2. The van der Waals surface area contributed by atoms with Gasteiger partial charge in [-0.3, -0.25) is 0 Å². The van der Waals surface area contributed by atoms with Gasteiger partial charge in [0.15, 0.2) is 0 Å². The number of hydrogen-bond donors (Lipinski definition) is 1. The molecule has 0 fully saturated rings. The molecule has 0 saturated heterocycles. The van der Waals surface area contributed by atoms with E-state index < -0.39 is 0 Å². The Balaban J connectivity index is 2.53. The van der Waals surface area contributed by atoms with Crippen LogP contribution in [0.3, 0.4) is 0 Å². The smallest absolute Gasteiger partial charge is 0.133 e. The highest BCUT2D eigenvalue weighted by Crippen LogP contribution is 2.40. The van der Waals surface area contributed by atoms with Crippen molar-refractivity contribution in [3.8, 4) is 17.0 Å². The first-order valence-electron chi connectivity index (χ1n) is 4.61. The third-order valence-corrected chi connectivity index (χ3v) is 6.14. The van der Waals surface area contributed by atoms with Gasteiger partial charge in [-0.05, 0) is 81.9 Å². The first-order valence-corrected chi connectivity index (χ1v) is 7.78. The lowest BCUT2D eigenvalue weighted by atomic mass is 10.1.